The molecule has 0 saturated carbocycles. The SMILES string of the molecule is Cc1cc2c3cc(C(C)C)sc3c3c4cccc5c4c4c(cccc4c4c6sc(C(C)C)cc6c6cc(C)sc6c54)c3c2s1. The van der Waals surface area contributed by atoms with Gasteiger partial charge in [-0.1, -0.05) is 64.1 Å². The van der Waals surface area contributed by atoms with Gasteiger partial charge in [-0.05, 0) is 82.3 Å². The molecular formula is C40H30S4. The van der Waals surface area contributed by atoms with Crippen molar-refractivity contribution in [2.45, 2.75) is 53.4 Å². The fourth-order valence-electron chi connectivity index (χ4n) is 7.92. The number of fused-ring (bicyclic) bond motifs is 16. The van der Waals surface area contributed by atoms with Crippen molar-refractivity contribution in [2.75, 3.05) is 0 Å². The summed E-state index contributed by atoms with van der Waals surface area (Å²) in [6, 6.07) is 24.2. The van der Waals surface area contributed by atoms with E-state index in [1.807, 2.05) is 45.3 Å². The van der Waals surface area contributed by atoms with Crippen LogP contribution >= 0.6 is 45.3 Å². The molecule has 0 radical (unpaired) electrons. The van der Waals surface area contributed by atoms with Crippen molar-refractivity contribution in [3.8, 4) is 0 Å². The van der Waals surface area contributed by atoms with Crippen molar-refractivity contribution in [1.82, 2.24) is 0 Å². The van der Waals surface area contributed by atoms with Gasteiger partial charge >= 0.3 is 0 Å². The maximum atomic E-state index is 2.49. The van der Waals surface area contributed by atoms with Gasteiger partial charge in [-0.25, -0.2) is 0 Å². The molecule has 0 saturated heterocycles. The third kappa shape index (κ3) is 3.13. The Balaban J connectivity index is 1.58. The summed E-state index contributed by atoms with van der Waals surface area (Å²) in [4.78, 5) is 5.73. The molecule has 0 aliphatic rings. The van der Waals surface area contributed by atoms with Crippen molar-refractivity contribution < 1.29 is 0 Å². The fraction of sp³-hybridized carbons (Fsp3) is 0.200. The van der Waals surface area contributed by atoms with Gasteiger partial charge in [-0.15, -0.1) is 45.3 Å². The first-order valence-electron chi connectivity index (χ1n) is 15.6. The molecule has 0 atom stereocenters. The molecule has 0 fully saturated rings. The van der Waals surface area contributed by atoms with Crippen LogP contribution in [0.3, 0.4) is 0 Å². The number of aryl methyl sites for hydroxylation is 2. The lowest BCUT2D eigenvalue weighted by atomic mass is 9.85. The Hall–Kier alpha value is -3.28. The van der Waals surface area contributed by atoms with E-state index in [1.54, 1.807) is 0 Å². The minimum absolute atomic E-state index is 0.510. The van der Waals surface area contributed by atoms with Gasteiger partial charge in [-0.2, -0.15) is 0 Å². The predicted molar refractivity (Wildman–Crippen MR) is 204 cm³/mol. The number of benzene rings is 6. The van der Waals surface area contributed by atoms with Gasteiger partial charge in [0.2, 0.25) is 0 Å². The number of rotatable bonds is 2. The molecule has 4 heterocycles. The zero-order valence-corrected chi connectivity index (χ0v) is 28.8. The summed E-state index contributed by atoms with van der Waals surface area (Å²) < 4.78 is 5.80. The second-order valence-corrected chi connectivity index (χ2v) is 17.9. The molecule has 44 heavy (non-hydrogen) atoms. The van der Waals surface area contributed by atoms with E-state index in [-0.39, 0.29) is 0 Å². The number of thiophene rings is 4. The highest BCUT2D eigenvalue weighted by atomic mass is 32.1. The average Bonchev–Trinajstić information content (AvgIpc) is 3.79. The lowest BCUT2D eigenvalue weighted by molar-refractivity contribution is 0.890. The fourth-order valence-corrected chi connectivity index (χ4v) is 12.6. The monoisotopic (exact) mass is 638 g/mol. The van der Waals surface area contributed by atoms with Crippen LogP contribution in [0, 0.1) is 13.8 Å². The van der Waals surface area contributed by atoms with Gasteiger partial charge in [-0.3, -0.25) is 0 Å². The van der Waals surface area contributed by atoms with Gasteiger partial charge in [0.25, 0.3) is 0 Å². The van der Waals surface area contributed by atoms with Crippen LogP contribution < -0.4 is 0 Å². The topological polar surface area (TPSA) is 0 Å². The van der Waals surface area contributed by atoms with Crippen molar-refractivity contribution in [1.29, 1.82) is 0 Å². The lowest BCUT2D eigenvalue weighted by Gasteiger charge is -2.19. The molecule has 0 spiro atoms. The molecule has 0 aliphatic heterocycles. The summed E-state index contributed by atoms with van der Waals surface area (Å²) in [5.74, 6) is 1.02. The minimum atomic E-state index is 0.510. The highest BCUT2D eigenvalue weighted by molar-refractivity contribution is 7.23. The second-order valence-electron chi connectivity index (χ2n) is 13.2. The summed E-state index contributed by atoms with van der Waals surface area (Å²) in [5, 5.41) is 20.1. The molecule has 4 heteroatoms. The van der Waals surface area contributed by atoms with Crippen molar-refractivity contribution in [3.05, 3.63) is 80.2 Å². The lowest BCUT2D eigenvalue weighted by Crippen LogP contribution is -1.90. The van der Waals surface area contributed by atoms with Crippen molar-refractivity contribution in [3.63, 3.8) is 0 Å². The summed E-state index contributed by atoms with van der Waals surface area (Å²) >= 11 is 7.98. The van der Waals surface area contributed by atoms with E-state index in [0.717, 1.165) is 0 Å². The van der Waals surface area contributed by atoms with Crippen LogP contribution in [0.5, 0.6) is 0 Å². The molecule has 0 aliphatic carbocycles. The van der Waals surface area contributed by atoms with Gasteiger partial charge in [0.1, 0.15) is 0 Å². The Morgan fingerprint density at radius 2 is 0.705 bits per heavy atom. The predicted octanol–water partition coefficient (Wildman–Crippen LogP) is 14.6. The number of hydrogen-bond donors (Lipinski definition) is 0. The van der Waals surface area contributed by atoms with Crippen LogP contribution in [0.15, 0.2) is 60.7 Å². The van der Waals surface area contributed by atoms with Crippen LogP contribution in [0.4, 0.5) is 0 Å². The molecule has 0 bridgehead atoms. The first-order chi connectivity index (χ1) is 21.3. The average molecular weight is 639 g/mol. The van der Waals surface area contributed by atoms with E-state index in [1.165, 1.54) is 114 Å². The number of hydrogen-bond acceptors (Lipinski definition) is 4. The molecule has 0 nitrogen and oxygen atoms in total. The Morgan fingerprint density at radius 1 is 0.386 bits per heavy atom. The summed E-state index contributed by atoms with van der Waals surface area (Å²) in [6.07, 6.45) is 0. The summed E-state index contributed by atoms with van der Waals surface area (Å²) in [7, 11) is 0. The van der Waals surface area contributed by atoms with E-state index in [9.17, 15) is 0 Å². The standard InChI is InChI=1S/C40H30S4/c1-17(2)29-15-27-25-13-19(5)41-37(25)33-21-9-8-12-24-32(21)31-22(10-7-11-23(31)35(33)39(27)43-29)34-36(24)40-28(16-30(44-40)18(3)4)26-14-20(6)42-38(26)34/h7-18H,1-6H3. The first-order valence-corrected chi connectivity index (χ1v) is 18.8. The molecular weight excluding hydrogens is 609 g/mol. The molecule has 0 amide bonds. The van der Waals surface area contributed by atoms with Gasteiger partial charge in [0, 0.05) is 81.4 Å². The smallest absolute Gasteiger partial charge is 0.0437 e. The van der Waals surface area contributed by atoms with Crippen molar-refractivity contribution in [2.24, 2.45) is 0 Å². The van der Waals surface area contributed by atoms with Gasteiger partial charge in [0.05, 0.1) is 0 Å². The van der Waals surface area contributed by atoms with E-state index < -0.39 is 0 Å². The summed E-state index contributed by atoms with van der Waals surface area (Å²) in [6.45, 7) is 13.9. The van der Waals surface area contributed by atoms with E-state index in [4.69, 9.17) is 0 Å². The van der Waals surface area contributed by atoms with E-state index in [2.05, 4.69) is 102 Å². The quantitative estimate of drug-likeness (QED) is 0.131. The third-order valence-electron chi connectivity index (χ3n) is 9.80. The van der Waals surface area contributed by atoms with E-state index >= 15 is 0 Å². The second kappa shape index (κ2) is 8.70. The molecule has 10 aromatic rings. The van der Waals surface area contributed by atoms with Crippen LogP contribution in [0.1, 0.15) is 59.0 Å². The van der Waals surface area contributed by atoms with Crippen LogP contribution in [0.2, 0.25) is 0 Å². The first kappa shape index (κ1) is 26.0. The minimum Gasteiger partial charge on any atom is -0.140 e. The Kier molecular flexibility index (Phi) is 5.14. The molecule has 0 unspecified atom stereocenters. The molecule has 6 aromatic carbocycles. The Labute approximate surface area is 271 Å². The van der Waals surface area contributed by atoms with E-state index in [0.29, 0.717) is 11.8 Å². The van der Waals surface area contributed by atoms with Crippen molar-refractivity contribution >= 4 is 140 Å². The summed E-state index contributed by atoms with van der Waals surface area (Å²) in [5.41, 5.74) is 0. The molecule has 214 valence electrons. The van der Waals surface area contributed by atoms with Crippen LogP contribution in [-0.4, -0.2) is 0 Å². The normalized spacial score (nSPS) is 13.2. The molecule has 0 N–H and O–H groups in total. The largest absolute Gasteiger partial charge is 0.140 e. The zero-order chi connectivity index (χ0) is 29.8. The van der Waals surface area contributed by atoms with Crippen LogP contribution in [-0.2, 0) is 0 Å². The maximum absolute atomic E-state index is 2.49. The van der Waals surface area contributed by atoms with Gasteiger partial charge in [0.15, 0.2) is 0 Å². The molecule has 10 rings (SSSR count). The Bertz CT molecular complexity index is 2650. The zero-order valence-electron chi connectivity index (χ0n) is 25.6. The maximum Gasteiger partial charge on any atom is 0.0437 e. The highest BCUT2D eigenvalue weighted by Crippen LogP contribution is 2.55. The Morgan fingerprint density at radius 3 is 1.05 bits per heavy atom. The highest BCUT2D eigenvalue weighted by Gasteiger charge is 2.25. The van der Waals surface area contributed by atoms with Crippen LogP contribution in [0.25, 0.3) is 94.2 Å². The van der Waals surface area contributed by atoms with Gasteiger partial charge < -0.3 is 0 Å². The third-order valence-corrected chi connectivity index (χ3v) is 14.8. The molecule has 4 aromatic heterocycles.